The molecule has 1 unspecified atom stereocenters. The van der Waals surface area contributed by atoms with Crippen LogP contribution in [0, 0.1) is 5.92 Å². The summed E-state index contributed by atoms with van der Waals surface area (Å²) < 4.78 is 5.56. The molecule has 1 aromatic heterocycles. The molecule has 1 heterocycles. The van der Waals surface area contributed by atoms with Crippen LogP contribution in [-0.4, -0.2) is 15.9 Å². The summed E-state index contributed by atoms with van der Waals surface area (Å²) >= 11 is 0. The van der Waals surface area contributed by atoms with Crippen LogP contribution in [0.25, 0.3) is 11.4 Å². The molecule has 0 amide bonds. The van der Waals surface area contributed by atoms with Crippen LogP contribution >= 0.6 is 0 Å². The maximum atomic E-state index is 12.2. The minimum absolute atomic E-state index is 0.139. The SMILES string of the molecule is CCCCCCCCCCC(=O)Oc1ccc(-c2ncc3c(n2)CCC(CCCCCCCCCC)C3)cc1. The molecule has 4 heteroatoms. The van der Waals surface area contributed by atoms with Gasteiger partial charge in [-0.1, -0.05) is 117 Å². The van der Waals surface area contributed by atoms with Gasteiger partial charge >= 0.3 is 5.97 Å². The lowest BCUT2D eigenvalue weighted by atomic mass is 9.84. The van der Waals surface area contributed by atoms with Crippen molar-refractivity contribution in [2.75, 3.05) is 0 Å². The van der Waals surface area contributed by atoms with Crippen LogP contribution in [0.2, 0.25) is 0 Å². The van der Waals surface area contributed by atoms with Gasteiger partial charge in [-0.2, -0.15) is 0 Å². The van der Waals surface area contributed by atoms with Gasteiger partial charge in [0.25, 0.3) is 0 Å². The summed E-state index contributed by atoms with van der Waals surface area (Å²) in [6.07, 6.45) is 28.2. The minimum atomic E-state index is -0.139. The maximum absolute atomic E-state index is 12.2. The van der Waals surface area contributed by atoms with E-state index in [0.717, 1.165) is 43.0 Å². The molecule has 1 aliphatic carbocycles. The molecule has 1 aliphatic rings. The molecule has 0 aliphatic heterocycles. The Morgan fingerprint density at radius 3 is 2.03 bits per heavy atom. The summed E-state index contributed by atoms with van der Waals surface area (Å²) in [6, 6.07) is 7.66. The van der Waals surface area contributed by atoms with Gasteiger partial charge in [0, 0.05) is 23.9 Å². The molecule has 4 nitrogen and oxygen atoms in total. The van der Waals surface area contributed by atoms with Crippen LogP contribution in [0.3, 0.4) is 0 Å². The first-order valence-corrected chi connectivity index (χ1v) is 16.4. The molecule has 0 radical (unpaired) electrons. The molecule has 2 aromatic rings. The Bertz CT molecular complexity index is 940. The standard InChI is InChI=1S/C35H54N2O2/c1-3-5-7-9-11-13-15-17-19-29-21-26-33-31(27-29)28-36-35(37-33)30-22-24-32(25-23-30)39-34(38)20-18-16-14-12-10-8-6-4-2/h22-25,28-29H,3-21,26-27H2,1-2H3. The van der Waals surface area contributed by atoms with E-state index >= 15 is 0 Å². The van der Waals surface area contributed by atoms with Gasteiger partial charge in [-0.3, -0.25) is 4.79 Å². The smallest absolute Gasteiger partial charge is 0.311 e. The summed E-state index contributed by atoms with van der Waals surface area (Å²) in [7, 11) is 0. The van der Waals surface area contributed by atoms with Crippen molar-refractivity contribution in [1.82, 2.24) is 9.97 Å². The average molecular weight is 535 g/mol. The van der Waals surface area contributed by atoms with Crippen LogP contribution in [0.5, 0.6) is 5.75 Å². The third kappa shape index (κ3) is 12.2. The van der Waals surface area contributed by atoms with Crippen LogP contribution < -0.4 is 4.74 Å². The summed E-state index contributed by atoms with van der Waals surface area (Å²) in [5.74, 6) is 2.02. The number of rotatable bonds is 20. The van der Waals surface area contributed by atoms with Crippen LogP contribution in [0.4, 0.5) is 0 Å². The molecule has 0 spiro atoms. The predicted octanol–water partition coefficient (Wildman–Crippen LogP) is 10.2. The molecule has 3 rings (SSSR count). The van der Waals surface area contributed by atoms with Gasteiger partial charge in [-0.15, -0.1) is 0 Å². The highest BCUT2D eigenvalue weighted by Gasteiger charge is 2.20. The van der Waals surface area contributed by atoms with E-state index in [4.69, 9.17) is 14.7 Å². The van der Waals surface area contributed by atoms with E-state index in [1.165, 1.54) is 114 Å². The average Bonchev–Trinajstić information content (AvgIpc) is 2.96. The summed E-state index contributed by atoms with van der Waals surface area (Å²) in [5.41, 5.74) is 3.52. The number of hydrogen-bond acceptors (Lipinski definition) is 4. The number of fused-ring (bicyclic) bond motifs is 1. The Morgan fingerprint density at radius 1 is 0.795 bits per heavy atom. The number of esters is 1. The number of unbranched alkanes of at least 4 members (excludes halogenated alkanes) is 14. The molecule has 0 fully saturated rings. The van der Waals surface area contributed by atoms with E-state index in [0.29, 0.717) is 12.2 Å². The Hall–Kier alpha value is -2.23. The van der Waals surface area contributed by atoms with Crippen molar-refractivity contribution in [3.8, 4) is 17.1 Å². The van der Waals surface area contributed by atoms with E-state index in [2.05, 4.69) is 20.0 Å². The first kappa shape index (κ1) is 31.3. The molecule has 216 valence electrons. The first-order valence-electron chi connectivity index (χ1n) is 16.4. The molecule has 0 saturated heterocycles. The van der Waals surface area contributed by atoms with Crippen molar-refractivity contribution in [1.29, 1.82) is 0 Å². The van der Waals surface area contributed by atoms with Gasteiger partial charge in [0.1, 0.15) is 5.75 Å². The Morgan fingerprint density at radius 2 is 1.38 bits per heavy atom. The number of benzene rings is 1. The number of aromatic nitrogens is 2. The third-order valence-electron chi connectivity index (χ3n) is 8.30. The van der Waals surface area contributed by atoms with Gasteiger partial charge in [-0.05, 0) is 61.4 Å². The highest BCUT2D eigenvalue weighted by atomic mass is 16.5. The van der Waals surface area contributed by atoms with Gasteiger partial charge in [0.05, 0.1) is 0 Å². The number of carbonyl (C=O) groups excluding carboxylic acids is 1. The van der Waals surface area contributed by atoms with Crippen molar-refractivity contribution >= 4 is 5.97 Å². The Labute approximate surface area is 238 Å². The van der Waals surface area contributed by atoms with Crippen LogP contribution in [0.1, 0.15) is 147 Å². The van der Waals surface area contributed by atoms with E-state index in [1.807, 2.05) is 24.3 Å². The Balaban J connectivity index is 1.35. The second-order valence-corrected chi connectivity index (χ2v) is 11.8. The summed E-state index contributed by atoms with van der Waals surface area (Å²) in [4.78, 5) is 21.8. The molecule has 39 heavy (non-hydrogen) atoms. The zero-order chi connectivity index (χ0) is 27.5. The molecule has 1 aromatic carbocycles. The molecule has 0 N–H and O–H groups in total. The number of aryl methyl sites for hydroxylation is 1. The predicted molar refractivity (Wildman–Crippen MR) is 163 cm³/mol. The molecule has 0 saturated carbocycles. The minimum Gasteiger partial charge on any atom is -0.427 e. The van der Waals surface area contributed by atoms with E-state index < -0.39 is 0 Å². The molecule has 0 bridgehead atoms. The fraction of sp³-hybridized carbons (Fsp3) is 0.686. The molecule has 1 atom stereocenters. The monoisotopic (exact) mass is 534 g/mol. The van der Waals surface area contributed by atoms with Gasteiger partial charge in [0.2, 0.25) is 0 Å². The highest BCUT2D eigenvalue weighted by Crippen LogP contribution is 2.29. The van der Waals surface area contributed by atoms with E-state index in [9.17, 15) is 4.79 Å². The Kier molecular flexibility index (Phi) is 15.2. The topological polar surface area (TPSA) is 52.1 Å². The van der Waals surface area contributed by atoms with E-state index in [-0.39, 0.29) is 5.97 Å². The second-order valence-electron chi connectivity index (χ2n) is 11.8. The number of ether oxygens (including phenoxy) is 1. The normalized spacial score (nSPS) is 14.8. The van der Waals surface area contributed by atoms with Crippen molar-refractivity contribution in [3.05, 3.63) is 41.7 Å². The van der Waals surface area contributed by atoms with Crippen molar-refractivity contribution < 1.29 is 9.53 Å². The van der Waals surface area contributed by atoms with Gasteiger partial charge in [-0.25, -0.2) is 9.97 Å². The molecular weight excluding hydrogens is 480 g/mol. The summed E-state index contributed by atoms with van der Waals surface area (Å²) in [5, 5.41) is 0. The lowest BCUT2D eigenvalue weighted by Crippen LogP contribution is -2.16. The van der Waals surface area contributed by atoms with Crippen molar-refractivity contribution in [2.24, 2.45) is 5.92 Å². The lowest BCUT2D eigenvalue weighted by molar-refractivity contribution is -0.134. The van der Waals surface area contributed by atoms with Crippen LogP contribution in [-0.2, 0) is 17.6 Å². The van der Waals surface area contributed by atoms with Crippen molar-refractivity contribution in [2.45, 2.75) is 149 Å². The summed E-state index contributed by atoms with van der Waals surface area (Å²) in [6.45, 7) is 4.53. The fourth-order valence-electron chi connectivity index (χ4n) is 5.79. The zero-order valence-electron chi connectivity index (χ0n) is 25.0. The highest BCUT2D eigenvalue weighted by molar-refractivity contribution is 5.72. The second kappa shape index (κ2) is 19.0. The lowest BCUT2D eigenvalue weighted by Gasteiger charge is -2.24. The zero-order valence-corrected chi connectivity index (χ0v) is 25.0. The first-order chi connectivity index (χ1) is 19.2. The van der Waals surface area contributed by atoms with Crippen LogP contribution in [0.15, 0.2) is 30.5 Å². The molecular formula is C35H54N2O2. The number of hydrogen-bond donors (Lipinski definition) is 0. The van der Waals surface area contributed by atoms with Crippen molar-refractivity contribution in [3.63, 3.8) is 0 Å². The largest absolute Gasteiger partial charge is 0.427 e. The fourth-order valence-corrected chi connectivity index (χ4v) is 5.79. The van der Waals surface area contributed by atoms with E-state index in [1.54, 1.807) is 0 Å². The van der Waals surface area contributed by atoms with Gasteiger partial charge < -0.3 is 4.74 Å². The van der Waals surface area contributed by atoms with Gasteiger partial charge in [0.15, 0.2) is 5.82 Å². The number of nitrogens with zero attached hydrogens (tertiary/aromatic N) is 2. The number of carbonyl (C=O) groups is 1. The maximum Gasteiger partial charge on any atom is 0.311 e. The quantitative estimate of drug-likeness (QED) is 0.0963. The third-order valence-corrected chi connectivity index (χ3v) is 8.30.